The predicted octanol–water partition coefficient (Wildman–Crippen LogP) is 5.98. The van der Waals surface area contributed by atoms with Crippen molar-refractivity contribution < 1.29 is 9.47 Å². The highest BCUT2D eigenvalue weighted by atomic mass is 35.5. The van der Waals surface area contributed by atoms with Crippen LogP contribution in [-0.4, -0.2) is 18.3 Å². The summed E-state index contributed by atoms with van der Waals surface area (Å²) in [5, 5.41) is 0.790. The van der Waals surface area contributed by atoms with Crippen LogP contribution in [0, 0.1) is 17.8 Å². The Bertz CT molecular complexity index is 585. The highest BCUT2D eigenvalue weighted by molar-refractivity contribution is 6.31. The highest BCUT2D eigenvalue weighted by Gasteiger charge is 2.46. The number of hydrogen-bond acceptors (Lipinski definition) is 2. The molecule has 24 heavy (non-hydrogen) atoms. The Morgan fingerprint density at radius 2 is 2.21 bits per heavy atom. The van der Waals surface area contributed by atoms with E-state index in [9.17, 15) is 0 Å². The maximum absolute atomic E-state index is 6.67. The lowest BCUT2D eigenvalue weighted by Crippen LogP contribution is -2.40. The lowest BCUT2D eigenvalue weighted by atomic mass is 9.76. The first-order valence-corrected chi connectivity index (χ1v) is 9.82. The van der Waals surface area contributed by atoms with Crippen molar-refractivity contribution in [2.45, 2.75) is 72.0 Å². The van der Waals surface area contributed by atoms with Gasteiger partial charge in [0, 0.05) is 11.8 Å². The van der Waals surface area contributed by atoms with Crippen molar-refractivity contribution in [3.63, 3.8) is 0 Å². The summed E-state index contributed by atoms with van der Waals surface area (Å²) < 4.78 is 12.5. The van der Waals surface area contributed by atoms with Crippen LogP contribution >= 0.6 is 11.6 Å². The molecule has 1 fully saturated rings. The van der Waals surface area contributed by atoms with Crippen LogP contribution in [0.3, 0.4) is 0 Å². The second-order valence-electron chi connectivity index (χ2n) is 8.06. The van der Waals surface area contributed by atoms with Crippen molar-refractivity contribution in [2.24, 2.45) is 17.8 Å². The van der Waals surface area contributed by atoms with Crippen molar-refractivity contribution in [2.75, 3.05) is 6.61 Å². The molecule has 1 aliphatic heterocycles. The average molecular weight is 351 g/mol. The number of halogens is 1. The molecule has 3 heteroatoms. The molecule has 134 valence electrons. The number of hydrogen-bond donors (Lipinski definition) is 0. The zero-order chi connectivity index (χ0) is 17.5. The van der Waals surface area contributed by atoms with Crippen LogP contribution < -0.4 is 0 Å². The molecule has 4 atom stereocenters. The quantitative estimate of drug-likeness (QED) is 0.568. The number of allylic oxidation sites excluding steroid dienone is 3. The van der Waals surface area contributed by atoms with E-state index in [0.717, 1.165) is 43.1 Å². The Morgan fingerprint density at radius 3 is 2.83 bits per heavy atom. The van der Waals surface area contributed by atoms with E-state index in [1.54, 1.807) is 0 Å². The molecule has 0 saturated heterocycles. The molecule has 4 unspecified atom stereocenters. The third-order valence-corrected chi connectivity index (χ3v) is 6.33. The molecule has 2 aliphatic carbocycles. The van der Waals surface area contributed by atoms with Crippen LogP contribution in [0.5, 0.6) is 0 Å². The van der Waals surface area contributed by atoms with Gasteiger partial charge in [-0.25, -0.2) is 0 Å². The van der Waals surface area contributed by atoms with Gasteiger partial charge in [0.2, 0.25) is 0 Å². The van der Waals surface area contributed by atoms with Gasteiger partial charge in [0.15, 0.2) is 0 Å². The molecular formula is C21H31ClO2. The zero-order valence-corrected chi connectivity index (χ0v) is 16.5. The zero-order valence-electron chi connectivity index (χ0n) is 15.7. The lowest BCUT2D eigenvalue weighted by molar-refractivity contribution is -0.103. The van der Waals surface area contributed by atoms with Crippen LogP contribution in [0.4, 0.5) is 0 Å². The predicted molar refractivity (Wildman–Crippen MR) is 99.9 cm³/mol. The smallest absolute Gasteiger partial charge is 0.137 e. The van der Waals surface area contributed by atoms with E-state index in [1.807, 2.05) is 0 Å². The van der Waals surface area contributed by atoms with Crippen molar-refractivity contribution in [1.82, 2.24) is 0 Å². The number of ether oxygens (including phenoxy) is 2. The van der Waals surface area contributed by atoms with Crippen molar-refractivity contribution >= 4 is 11.6 Å². The monoisotopic (exact) mass is 350 g/mol. The summed E-state index contributed by atoms with van der Waals surface area (Å²) in [5.74, 6) is 2.24. The van der Waals surface area contributed by atoms with Crippen molar-refractivity contribution in [1.29, 1.82) is 0 Å². The third-order valence-electron chi connectivity index (χ3n) is 6.04. The minimum atomic E-state index is -0.107. The molecule has 0 bridgehead atoms. The highest BCUT2D eigenvalue weighted by Crippen LogP contribution is 2.51. The summed E-state index contributed by atoms with van der Waals surface area (Å²) in [6.07, 6.45) is 9.03. The fourth-order valence-electron chi connectivity index (χ4n) is 4.04. The maximum Gasteiger partial charge on any atom is 0.137 e. The topological polar surface area (TPSA) is 18.5 Å². The van der Waals surface area contributed by atoms with Crippen LogP contribution in [0.15, 0.2) is 34.1 Å². The molecule has 0 amide bonds. The van der Waals surface area contributed by atoms with Crippen LogP contribution in [0.1, 0.15) is 60.3 Å². The standard InChI is InChI=1S/C21H31ClO2/c1-6-14-11-17(14)19(24-21(4,5)7-2)16-12-18(22)20-15(13(16)3)9-8-10-23-20/h6,12-13,16-17,19H,7-11H2,1-5H3/b14-6+. The van der Waals surface area contributed by atoms with E-state index in [1.165, 1.54) is 11.1 Å². The van der Waals surface area contributed by atoms with Gasteiger partial charge in [0.1, 0.15) is 5.76 Å². The molecule has 0 aromatic carbocycles. The fourth-order valence-corrected chi connectivity index (χ4v) is 4.36. The average Bonchev–Trinajstić information content (AvgIpc) is 3.36. The minimum Gasteiger partial charge on any atom is -0.492 e. The summed E-state index contributed by atoms with van der Waals surface area (Å²) in [6, 6.07) is 0. The second-order valence-corrected chi connectivity index (χ2v) is 8.46. The molecule has 0 aromatic rings. The first-order chi connectivity index (χ1) is 11.4. The molecule has 0 N–H and O–H groups in total. The summed E-state index contributed by atoms with van der Waals surface area (Å²) in [5.41, 5.74) is 2.82. The molecular weight excluding hydrogens is 320 g/mol. The summed E-state index contributed by atoms with van der Waals surface area (Å²) in [4.78, 5) is 0. The molecule has 0 spiro atoms. The van der Waals surface area contributed by atoms with Gasteiger partial charge in [-0.05, 0) is 57.9 Å². The van der Waals surface area contributed by atoms with Gasteiger partial charge in [-0.1, -0.05) is 43.2 Å². The van der Waals surface area contributed by atoms with E-state index in [4.69, 9.17) is 21.1 Å². The summed E-state index contributed by atoms with van der Waals surface area (Å²) in [6.45, 7) is 11.8. The normalized spacial score (nSPS) is 33.0. The molecule has 0 radical (unpaired) electrons. The first kappa shape index (κ1) is 18.1. The van der Waals surface area contributed by atoms with Gasteiger partial charge in [-0.3, -0.25) is 0 Å². The van der Waals surface area contributed by atoms with Gasteiger partial charge in [-0.15, -0.1) is 0 Å². The molecule has 3 aliphatic rings. The van der Waals surface area contributed by atoms with Crippen LogP contribution in [0.2, 0.25) is 0 Å². The van der Waals surface area contributed by atoms with Gasteiger partial charge in [0.25, 0.3) is 0 Å². The van der Waals surface area contributed by atoms with Crippen LogP contribution in [0.25, 0.3) is 0 Å². The Kier molecular flexibility index (Phi) is 5.18. The molecule has 1 saturated carbocycles. The van der Waals surface area contributed by atoms with Crippen LogP contribution in [-0.2, 0) is 9.47 Å². The lowest BCUT2D eigenvalue weighted by Gasteiger charge is -2.40. The minimum absolute atomic E-state index is 0.107. The van der Waals surface area contributed by atoms with E-state index >= 15 is 0 Å². The molecule has 0 aromatic heterocycles. The Morgan fingerprint density at radius 1 is 1.46 bits per heavy atom. The van der Waals surface area contributed by atoms with Gasteiger partial charge < -0.3 is 9.47 Å². The largest absolute Gasteiger partial charge is 0.492 e. The van der Waals surface area contributed by atoms with E-state index in [0.29, 0.717) is 17.8 Å². The van der Waals surface area contributed by atoms with Gasteiger partial charge in [0.05, 0.1) is 23.3 Å². The van der Waals surface area contributed by atoms with Crippen molar-refractivity contribution in [3.05, 3.63) is 34.1 Å². The fraction of sp³-hybridized carbons (Fsp3) is 0.714. The summed E-state index contributed by atoms with van der Waals surface area (Å²) in [7, 11) is 0. The van der Waals surface area contributed by atoms with E-state index in [-0.39, 0.29) is 11.7 Å². The SMILES string of the molecule is C/C=C1\CC1C(OC(C)(C)CC)C1C=C(Cl)C2=C(CCCO2)C1C. The van der Waals surface area contributed by atoms with E-state index in [2.05, 4.69) is 46.8 Å². The number of rotatable bonds is 5. The van der Waals surface area contributed by atoms with Gasteiger partial charge >= 0.3 is 0 Å². The third kappa shape index (κ3) is 3.46. The molecule has 1 heterocycles. The Balaban J connectivity index is 1.89. The maximum atomic E-state index is 6.67. The Labute approximate surface area is 151 Å². The van der Waals surface area contributed by atoms with Gasteiger partial charge in [-0.2, -0.15) is 0 Å². The molecule has 2 nitrogen and oxygen atoms in total. The first-order valence-electron chi connectivity index (χ1n) is 9.44. The Hall–Kier alpha value is -0.730. The van der Waals surface area contributed by atoms with E-state index < -0.39 is 0 Å². The molecule has 3 rings (SSSR count). The summed E-state index contributed by atoms with van der Waals surface area (Å²) >= 11 is 6.60. The van der Waals surface area contributed by atoms with Crippen molar-refractivity contribution in [3.8, 4) is 0 Å². The second kappa shape index (κ2) is 6.88.